The zero-order chi connectivity index (χ0) is 11.7. The normalized spacial score (nSPS) is 9.53. The van der Waals surface area contributed by atoms with Gasteiger partial charge in [-0.05, 0) is 13.8 Å². The molecule has 0 aliphatic carbocycles. The Labute approximate surface area is 89.2 Å². The van der Waals surface area contributed by atoms with Gasteiger partial charge in [0.15, 0.2) is 0 Å². The number of hydrogen-bond acceptors (Lipinski definition) is 4. The minimum atomic E-state index is -0.585. The fraction of sp³-hybridized carbons (Fsp3) is 0.778. The summed E-state index contributed by atoms with van der Waals surface area (Å²) in [6, 6.07) is 0. The highest BCUT2D eigenvalue weighted by molar-refractivity contribution is 5.82. The largest absolute Gasteiger partial charge is 0.447 e. The molecule has 0 fully saturated rings. The Hall–Kier alpha value is -1.30. The van der Waals surface area contributed by atoms with E-state index >= 15 is 0 Å². The van der Waals surface area contributed by atoms with Crippen LogP contribution in [0.2, 0.25) is 0 Å². The van der Waals surface area contributed by atoms with Crippen molar-refractivity contribution in [2.75, 3.05) is 32.8 Å². The van der Waals surface area contributed by atoms with Crippen LogP contribution in [0.3, 0.4) is 0 Å². The Kier molecular flexibility index (Phi) is 7.35. The molecule has 0 saturated heterocycles. The predicted octanol–water partition coefficient (Wildman–Crippen LogP) is -0.427. The quantitative estimate of drug-likeness (QED) is 0.634. The van der Waals surface area contributed by atoms with Gasteiger partial charge in [-0.25, -0.2) is 4.79 Å². The van der Waals surface area contributed by atoms with E-state index in [9.17, 15) is 9.59 Å². The molecular weight excluding hydrogens is 200 g/mol. The minimum absolute atomic E-state index is 0.0192. The third-order valence-electron chi connectivity index (χ3n) is 1.67. The molecule has 0 saturated carbocycles. The van der Waals surface area contributed by atoms with E-state index in [-0.39, 0.29) is 25.7 Å². The SMILES string of the molecule is CCNC(=O)CN(CC)C(=O)OCCO. The second-order valence-electron chi connectivity index (χ2n) is 2.81. The summed E-state index contributed by atoms with van der Waals surface area (Å²) in [6.07, 6.45) is -0.585. The van der Waals surface area contributed by atoms with Gasteiger partial charge in [-0.2, -0.15) is 0 Å². The van der Waals surface area contributed by atoms with Crippen LogP contribution in [-0.2, 0) is 9.53 Å². The van der Waals surface area contributed by atoms with Gasteiger partial charge < -0.3 is 15.2 Å². The van der Waals surface area contributed by atoms with E-state index in [0.717, 1.165) is 0 Å². The Bertz CT molecular complexity index is 208. The molecule has 2 N–H and O–H groups in total. The van der Waals surface area contributed by atoms with Gasteiger partial charge in [0, 0.05) is 13.1 Å². The summed E-state index contributed by atoms with van der Waals surface area (Å²) < 4.78 is 4.68. The maximum atomic E-state index is 11.3. The monoisotopic (exact) mass is 218 g/mol. The zero-order valence-electron chi connectivity index (χ0n) is 9.15. The number of aliphatic hydroxyl groups excluding tert-OH is 1. The Morgan fingerprint density at radius 3 is 2.53 bits per heavy atom. The van der Waals surface area contributed by atoms with Crippen molar-refractivity contribution >= 4 is 12.0 Å². The zero-order valence-corrected chi connectivity index (χ0v) is 9.15. The van der Waals surface area contributed by atoms with Crippen LogP contribution in [0.5, 0.6) is 0 Å². The summed E-state index contributed by atoms with van der Waals surface area (Å²) in [7, 11) is 0. The first-order valence-corrected chi connectivity index (χ1v) is 4.94. The summed E-state index contributed by atoms with van der Waals surface area (Å²) in [4.78, 5) is 23.7. The number of carbonyl (C=O) groups is 2. The van der Waals surface area contributed by atoms with Gasteiger partial charge in [0.05, 0.1) is 6.61 Å². The molecule has 0 bridgehead atoms. The Morgan fingerprint density at radius 1 is 1.40 bits per heavy atom. The third-order valence-corrected chi connectivity index (χ3v) is 1.67. The first-order chi connectivity index (χ1) is 7.15. The van der Waals surface area contributed by atoms with Crippen LogP contribution in [0.1, 0.15) is 13.8 Å². The van der Waals surface area contributed by atoms with Crippen LogP contribution < -0.4 is 5.32 Å². The molecule has 0 aromatic carbocycles. The number of aliphatic hydroxyl groups is 1. The molecule has 0 aromatic heterocycles. The topological polar surface area (TPSA) is 78.9 Å². The first-order valence-electron chi connectivity index (χ1n) is 4.94. The standard InChI is InChI=1S/C9H18N2O4/c1-3-10-8(13)7-11(4-2)9(14)15-6-5-12/h12H,3-7H2,1-2H3,(H,10,13). The molecule has 0 atom stereocenters. The molecular formula is C9H18N2O4. The number of hydrogen-bond donors (Lipinski definition) is 2. The molecule has 0 spiro atoms. The van der Waals surface area contributed by atoms with Crippen LogP contribution in [-0.4, -0.2) is 54.9 Å². The number of carbonyl (C=O) groups excluding carboxylic acids is 2. The van der Waals surface area contributed by atoms with Crippen LogP contribution in [0.15, 0.2) is 0 Å². The van der Waals surface area contributed by atoms with Crippen molar-refractivity contribution in [1.29, 1.82) is 0 Å². The second kappa shape index (κ2) is 8.05. The first kappa shape index (κ1) is 13.7. The number of nitrogens with one attached hydrogen (secondary N) is 1. The molecule has 0 radical (unpaired) electrons. The van der Waals surface area contributed by atoms with Crippen molar-refractivity contribution in [2.24, 2.45) is 0 Å². The van der Waals surface area contributed by atoms with Gasteiger partial charge >= 0.3 is 6.09 Å². The molecule has 6 nitrogen and oxygen atoms in total. The number of rotatable bonds is 6. The molecule has 0 aromatic rings. The number of amides is 2. The van der Waals surface area contributed by atoms with Crippen LogP contribution in [0.25, 0.3) is 0 Å². The molecule has 0 aliphatic rings. The van der Waals surface area contributed by atoms with E-state index in [0.29, 0.717) is 13.1 Å². The maximum Gasteiger partial charge on any atom is 0.410 e. The van der Waals surface area contributed by atoms with E-state index in [1.165, 1.54) is 4.90 Å². The number of nitrogens with zero attached hydrogens (tertiary/aromatic N) is 1. The third kappa shape index (κ3) is 5.90. The molecule has 0 unspecified atom stereocenters. The van der Waals surface area contributed by atoms with E-state index < -0.39 is 6.09 Å². The maximum absolute atomic E-state index is 11.3. The van der Waals surface area contributed by atoms with E-state index in [4.69, 9.17) is 5.11 Å². The highest BCUT2D eigenvalue weighted by atomic mass is 16.6. The molecule has 15 heavy (non-hydrogen) atoms. The molecule has 2 amide bonds. The fourth-order valence-electron chi connectivity index (χ4n) is 0.956. The van der Waals surface area contributed by atoms with Crippen molar-refractivity contribution in [3.05, 3.63) is 0 Å². The molecule has 88 valence electrons. The van der Waals surface area contributed by atoms with Gasteiger partial charge in [-0.3, -0.25) is 9.69 Å². The lowest BCUT2D eigenvalue weighted by molar-refractivity contribution is -0.121. The Balaban J connectivity index is 4.00. The second-order valence-corrected chi connectivity index (χ2v) is 2.81. The van der Waals surface area contributed by atoms with Crippen molar-refractivity contribution < 1.29 is 19.4 Å². The van der Waals surface area contributed by atoms with Crippen molar-refractivity contribution in [3.8, 4) is 0 Å². The Morgan fingerprint density at radius 2 is 2.07 bits per heavy atom. The summed E-state index contributed by atoms with van der Waals surface area (Å²) in [5.41, 5.74) is 0. The van der Waals surface area contributed by atoms with Gasteiger partial charge in [-0.15, -0.1) is 0 Å². The van der Waals surface area contributed by atoms with Gasteiger partial charge in [0.25, 0.3) is 0 Å². The lowest BCUT2D eigenvalue weighted by atomic mass is 10.5. The van der Waals surface area contributed by atoms with Crippen molar-refractivity contribution in [3.63, 3.8) is 0 Å². The van der Waals surface area contributed by atoms with Gasteiger partial charge in [0.2, 0.25) is 5.91 Å². The highest BCUT2D eigenvalue weighted by Crippen LogP contribution is 1.93. The summed E-state index contributed by atoms with van der Waals surface area (Å²) in [6.45, 7) is 4.19. The van der Waals surface area contributed by atoms with Crippen LogP contribution in [0.4, 0.5) is 4.79 Å². The average molecular weight is 218 g/mol. The fourth-order valence-corrected chi connectivity index (χ4v) is 0.956. The summed E-state index contributed by atoms with van der Waals surface area (Å²) in [5.74, 6) is -0.222. The van der Waals surface area contributed by atoms with Crippen LogP contribution in [0, 0.1) is 0 Å². The molecule has 0 aliphatic heterocycles. The van der Waals surface area contributed by atoms with Gasteiger partial charge in [0.1, 0.15) is 13.2 Å². The van der Waals surface area contributed by atoms with Gasteiger partial charge in [-0.1, -0.05) is 0 Å². The summed E-state index contributed by atoms with van der Waals surface area (Å²) >= 11 is 0. The lowest BCUT2D eigenvalue weighted by Gasteiger charge is -2.19. The predicted molar refractivity (Wildman–Crippen MR) is 54.4 cm³/mol. The molecule has 0 heterocycles. The lowest BCUT2D eigenvalue weighted by Crippen LogP contribution is -2.41. The average Bonchev–Trinajstić information content (AvgIpc) is 2.22. The number of likely N-dealkylation sites (N-methyl/N-ethyl adjacent to an activating group) is 2. The molecule has 6 heteroatoms. The van der Waals surface area contributed by atoms with E-state index in [1.807, 2.05) is 0 Å². The van der Waals surface area contributed by atoms with Crippen LogP contribution >= 0.6 is 0 Å². The van der Waals surface area contributed by atoms with E-state index in [1.54, 1.807) is 13.8 Å². The van der Waals surface area contributed by atoms with E-state index in [2.05, 4.69) is 10.1 Å². The highest BCUT2D eigenvalue weighted by Gasteiger charge is 2.15. The smallest absolute Gasteiger partial charge is 0.410 e. The van der Waals surface area contributed by atoms with Crippen molar-refractivity contribution in [1.82, 2.24) is 10.2 Å². The number of ether oxygens (including phenoxy) is 1. The van der Waals surface area contributed by atoms with Crippen molar-refractivity contribution in [2.45, 2.75) is 13.8 Å². The minimum Gasteiger partial charge on any atom is -0.447 e. The molecule has 0 rings (SSSR count). The summed E-state index contributed by atoms with van der Waals surface area (Å²) in [5, 5.41) is 11.0.